The lowest BCUT2D eigenvalue weighted by Crippen LogP contribution is -2.67. The molecule has 7 rings (SSSR count). The molecule has 2 unspecified atom stereocenters. The number of esters is 1. The van der Waals surface area contributed by atoms with Crippen LogP contribution in [-0.2, 0) is 14.3 Å². The molecule has 0 amide bonds. The van der Waals surface area contributed by atoms with Crippen LogP contribution in [0.4, 0.5) is 0 Å². The van der Waals surface area contributed by atoms with Crippen LogP contribution in [0.5, 0.6) is 0 Å². The number of fused-ring (bicyclic) bond motifs is 5. The van der Waals surface area contributed by atoms with E-state index in [0.717, 1.165) is 36.3 Å². The highest BCUT2D eigenvalue weighted by molar-refractivity contribution is 5.87. The summed E-state index contributed by atoms with van der Waals surface area (Å²) in [5, 5.41) is 0. The fourth-order valence-electron chi connectivity index (χ4n) is 13.4. The van der Waals surface area contributed by atoms with E-state index < -0.39 is 0 Å². The van der Waals surface area contributed by atoms with Crippen LogP contribution in [0.1, 0.15) is 118 Å². The number of ether oxygens (including phenoxy) is 2. The number of rotatable bonds is 3. The molecule has 1 heterocycles. The highest BCUT2D eigenvalue weighted by Crippen LogP contribution is 2.77. The predicted molar refractivity (Wildman–Crippen MR) is 170 cm³/mol. The Kier molecular flexibility index (Phi) is 6.55. The smallest absolute Gasteiger partial charge is 0.331 e. The van der Waals surface area contributed by atoms with E-state index in [9.17, 15) is 4.79 Å². The Morgan fingerprint density at radius 3 is 2.14 bits per heavy atom. The van der Waals surface area contributed by atoms with Crippen LogP contribution in [0.2, 0.25) is 0 Å². The molecule has 5 saturated carbocycles. The maximum Gasteiger partial charge on any atom is 0.331 e. The standard InChI is InChI=1S/C39H56O3/c1-34(2)23-24-39-22-17-29-37(6)19-15-27-35(3,4)30(42-31(40)14-13-26-11-9-8-10-12-26)18-21-36(27,5)28(37)16-20-38(29,7)32(39)33(34)41-25-39/h8-14,27-30,32-33H,15-25H2,1-7H3/t27?,28?,29-,30+,32-,33+,36-,37+,38+,39-/m0/s1. The molecule has 230 valence electrons. The summed E-state index contributed by atoms with van der Waals surface area (Å²) in [6.45, 7) is 18.9. The van der Waals surface area contributed by atoms with Gasteiger partial charge in [-0.2, -0.15) is 0 Å². The van der Waals surface area contributed by atoms with E-state index in [1.54, 1.807) is 6.08 Å². The average Bonchev–Trinajstić information content (AvgIpc) is 3.30. The summed E-state index contributed by atoms with van der Waals surface area (Å²) in [5.41, 5.74) is 2.82. The molecule has 1 aliphatic heterocycles. The molecule has 3 nitrogen and oxygen atoms in total. The van der Waals surface area contributed by atoms with Gasteiger partial charge in [-0.25, -0.2) is 4.79 Å². The zero-order chi connectivity index (χ0) is 29.8. The summed E-state index contributed by atoms with van der Waals surface area (Å²) >= 11 is 0. The van der Waals surface area contributed by atoms with Crippen molar-refractivity contribution in [2.24, 2.45) is 56.2 Å². The lowest BCUT2D eigenvalue weighted by Gasteiger charge is -2.72. The lowest BCUT2D eigenvalue weighted by molar-refractivity contribution is -0.246. The Morgan fingerprint density at radius 2 is 1.38 bits per heavy atom. The molecule has 2 bridgehead atoms. The Bertz CT molecular complexity index is 1250. The molecule has 10 atom stereocenters. The van der Waals surface area contributed by atoms with Crippen molar-refractivity contribution in [2.45, 2.75) is 125 Å². The van der Waals surface area contributed by atoms with Crippen LogP contribution in [0.15, 0.2) is 36.4 Å². The summed E-state index contributed by atoms with van der Waals surface area (Å²) in [6.07, 6.45) is 16.9. The van der Waals surface area contributed by atoms with Crippen molar-refractivity contribution in [3.05, 3.63) is 42.0 Å². The number of carbonyl (C=O) groups is 1. The van der Waals surface area contributed by atoms with Crippen LogP contribution in [-0.4, -0.2) is 24.8 Å². The lowest BCUT2D eigenvalue weighted by atomic mass is 9.32. The predicted octanol–water partition coefficient (Wildman–Crippen LogP) is 9.50. The monoisotopic (exact) mass is 572 g/mol. The highest BCUT2D eigenvalue weighted by Gasteiger charge is 2.72. The van der Waals surface area contributed by atoms with E-state index >= 15 is 0 Å². The average molecular weight is 573 g/mol. The van der Waals surface area contributed by atoms with Gasteiger partial charge in [0.1, 0.15) is 6.10 Å². The van der Waals surface area contributed by atoms with Gasteiger partial charge in [-0.3, -0.25) is 0 Å². The third-order valence-corrected chi connectivity index (χ3v) is 15.3. The van der Waals surface area contributed by atoms with Crippen molar-refractivity contribution in [1.29, 1.82) is 0 Å². The number of hydrogen-bond acceptors (Lipinski definition) is 3. The minimum Gasteiger partial charge on any atom is -0.459 e. The Morgan fingerprint density at radius 1 is 0.762 bits per heavy atom. The fourth-order valence-corrected chi connectivity index (χ4v) is 13.4. The number of carbonyl (C=O) groups excluding carboxylic acids is 1. The molecule has 1 aromatic rings. The second-order valence-electron chi connectivity index (χ2n) is 17.9. The fraction of sp³-hybridized carbons (Fsp3) is 0.769. The van der Waals surface area contributed by atoms with Crippen molar-refractivity contribution in [2.75, 3.05) is 6.61 Å². The van der Waals surface area contributed by atoms with Crippen LogP contribution in [0, 0.1) is 56.2 Å². The molecule has 0 spiro atoms. The third-order valence-electron chi connectivity index (χ3n) is 15.3. The van der Waals surface area contributed by atoms with E-state index in [0.29, 0.717) is 39.1 Å². The second kappa shape index (κ2) is 9.45. The van der Waals surface area contributed by atoms with Crippen molar-refractivity contribution in [3.8, 4) is 0 Å². The van der Waals surface area contributed by atoms with Gasteiger partial charge in [-0.15, -0.1) is 0 Å². The third kappa shape index (κ3) is 3.96. The maximum absolute atomic E-state index is 13.0. The van der Waals surface area contributed by atoms with Gasteiger partial charge in [0.2, 0.25) is 0 Å². The minimum absolute atomic E-state index is 0.0199. The molecule has 1 aromatic carbocycles. The van der Waals surface area contributed by atoms with Gasteiger partial charge < -0.3 is 9.47 Å². The Hall–Kier alpha value is -1.61. The quantitative estimate of drug-likeness (QED) is 0.267. The molecule has 6 aliphatic rings. The van der Waals surface area contributed by atoms with Crippen LogP contribution in [0.3, 0.4) is 0 Å². The van der Waals surface area contributed by atoms with Crippen molar-refractivity contribution in [1.82, 2.24) is 0 Å². The van der Waals surface area contributed by atoms with Gasteiger partial charge in [0.05, 0.1) is 12.7 Å². The summed E-state index contributed by atoms with van der Waals surface area (Å²) in [4.78, 5) is 13.0. The molecule has 0 radical (unpaired) electrons. The first kappa shape index (κ1) is 29.1. The Balaban J connectivity index is 1.12. The summed E-state index contributed by atoms with van der Waals surface area (Å²) in [5.74, 6) is 2.66. The first-order valence-electron chi connectivity index (χ1n) is 17.3. The zero-order valence-electron chi connectivity index (χ0n) is 27.5. The van der Waals surface area contributed by atoms with Crippen molar-refractivity contribution in [3.63, 3.8) is 0 Å². The molecular weight excluding hydrogens is 516 g/mol. The van der Waals surface area contributed by atoms with Crippen LogP contribution in [0.25, 0.3) is 6.08 Å². The maximum atomic E-state index is 13.0. The highest BCUT2D eigenvalue weighted by atomic mass is 16.5. The van der Waals surface area contributed by atoms with Crippen molar-refractivity contribution >= 4 is 12.0 Å². The SMILES string of the molecule is CC1(C)CC[C@]23CC[C@@H]4[C@@](C)(CCC5[C@@]6(C)CC[C@@H](OC(=O)C=Cc7ccccc7)C(C)(C)C6CC[C@]54C)[C@@H]2[C@H]1OC3. The van der Waals surface area contributed by atoms with E-state index in [-0.39, 0.29) is 17.5 Å². The van der Waals surface area contributed by atoms with Crippen molar-refractivity contribution < 1.29 is 14.3 Å². The molecular formula is C39H56O3. The van der Waals surface area contributed by atoms with Gasteiger partial charge in [0.15, 0.2) is 0 Å². The largest absolute Gasteiger partial charge is 0.459 e. The number of benzene rings is 1. The summed E-state index contributed by atoms with van der Waals surface area (Å²) in [6, 6.07) is 10.0. The molecule has 1 saturated heterocycles. The van der Waals surface area contributed by atoms with Crippen LogP contribution >= 0.6 is 0 Å². The molecule has 0 aromatic heterocycles. The first-order valence-corrected chi connectivity index (χ1v) is 17.3. The molecule has 6 fully saturated rings. The van der Waals surface area contributed by atoms with Gasteiger partial charge in [-0.1, -0.05) is 78.8 Å². The molecule has 0 N–H and O–H groups in total. The summed E-state index contributed by atoms with van der Waals surface area (Å²) in [7, 11) is 0. The van der Waals surface area contributed by atoms with E-state index in [4.69, 9.17) is 9.47 Å². The first-order chi connectivity index (χ1) is 19.8. The minimum atomic E-state index is -0.196. The Labute approximate surface area is 255 Å². The molecule has 5 aliphatic carbocycles. The van der Waals surface area contributed by atoms with Gasteiger partial charge in [0.25, 0.3) is 0 Å². The topological polar surface area (TPSA) is 35.5 Å². The van der Waals surface area contributed by atoms with E-state index in [1.165, 1.54) is 57.8 Å². The molecule has 42 heavy (non-hydrogen) atoms. The zero-order valence-corrected chi connectivity index (χ0v) is 27.5. The normalized spacial score (nSPS) is 48.5. The van der Waals surface area contributed by atoms with E-state index in [2.05, 4.69) is 48.5 Å². The van der Waals surface area contributed by atoms with Gasteiger partial charge in [-0.05, 0) is 127 Å². The van der Waals surface area contributed by atoms with Gasteiger partial charge in [0, 0.05) is 11.5 Å². The molecule has 3 heteroatoms. The van der Waals surface area contributed by atoms with Crippen LogP contribution < -0.4 is 0 Å². The summed E-state index contributed by atoms with van der Waals surface area (Å²) < 4.78 is 13.0. The van der Waals surface area contributed by atoms with Gasteiger partial charge >= 0.3 is 5.97 Å². The second-order valence-corrected chi connectivity index (χ2v) is 17.9. The van der Waals surface area contributed by atoms with E-state index in [1.807, 2.05) is 36.4 Å². The number of hydrogen-bond donors (Lipinski definition) is 0.